The molecule has 0 spiro atoms. The fourth-order valence-electron chi connectivity index (χ4n) is 7.52. The Hall–Kier alpha value is -6.65. The van der Waals surface area contributed by atoms with E-state index in [1.54, 1.807) is 6.07 Å². The number of benzene rings is 8. The lowest BCUT2D eigenvalue weighted by molar-refractivity contribution is 0.635. The van der Waals surface area contributed by atoms with E-state index < -0.39 is 0 Å². The maximum atomic E-state index is 15.4. The Labute approximate surface area is 287 Å². The molecule has 0 aliphatic rings. The quantitative estimate of drug-likeness (QED) is 0.186. The molecule has 4 heteroatoms. The van der Waals surface area contributed by atoms with E-state index in [1.165, 1.54) is 16.8 Å². The molecule has 10 aromatic rings. The van der Waals surface area contributed by atoms with Crippen molar-refractivity contribution >= 4 is 71.6 Å². The number of nitrogens with zero attached hydrogens (tertiary/aromatic N) is 2. The zero-order chi connectivity index (χ0) is 33.2. The predicted octanol–water partition coefficient (Wildman–Crippen LogP) is 13.1. The molecule has 2 heterocycles. The molecule has 0 N–H and O–H groups in total. The second-order valence-corrected chi connectivity index (χ2v) is 12.7. The van der Waals surface area contributed by atoms with E-state index in [1.807, 2.05) is 41.0 Å². The molecule has 0 aliphatic heterocycles. The first kappa shape index (κ1) is 28.4. The number of furan rings is 1. The molecule has 236 valence electrons. The number of para-hydroxylation sites is 4. The molecule has 0 unspecified atom stereocenters. The molecular weight excluding hydrogens is 616 g/mol. The van der Waals surface area contributed by atoms with Crippen LogP contribution >= 0.6 is 0 Å². The average molecular weight is 645 g/mol. The summed E-state index contributed by atoms with van der Waals surface area (Å²) in [5, 5.41) is 6.52. The van der Waals surface area contributed by atoms with E-state index in [9.17, 15) is 0 Å². The lowest BCUT2D eigenvalue weighted by Crippen LogP contribution is -2.10. The third kappa shape index (κ3) is 4.42. The summed E-state index contributed by atoms with van der Waals surface area (Å²) in [7, 11) is 0. The number of hydrogen-bond acceptors (Lipinski definition) is 2. The van der Waals surface area contributed by atoms with Crippen molar-refractivity contribution in [3.8, 4) is 16.8 Å². The van der Waals surface area contributed by atoms with Crippen molar-refractivity contribution in [1.82, 2.24) is 4.57 Å². The van der Waals surface area contributed by atoms with Gasteiger partial charge in [0.1, 0.15) is 17.0 Å². The van der Waals surface area contributed by atoms with Crippen LogP contribution in [0.4, 0.5) is 21.5 Å². The lowest BCUT2D eigenvalue weighted by atomic mass is 10.0. The van der Waals surface area contributed by atoms with Crippen molar-refractivity contribution in [1.29, 1.82) is 0 Å². The zero-order valence-electron chi connectivity index (χ0n) is 26.9. The fourth-order valence-corrected chi connectivity index (χ4v) is 7.52. The van der Waals surface area contributed by atoms with Crippen LogP contribution in [-0.2, 0) is 0 Å². The van der Waals surface area contributed by atoms with Crippen molar-refractivity contribution in [2.75, 3.05) is 4.90 Å². The van der Waals surface area contributed by atoms with Gasteiger partial charge in [-0.2, -0.15) is 0 Å². The number of halogens is 1. The van der Waals surface area contributed by atoms with Crippen LogP contribution in [0, 0.1) is 5.82 Å². The molecule has 0 atom stereocenters. The standard InChI is InChI=1S/C46H29FN2O/c47-42-16-8-14-40-38-11-3-5-17-43(38)49(45(40)42)35-27-25-34(26-28-35)48(36-24-19-30-9-1-2-10-32(30)29-36)33-22-20-31(21-23-33)37-13-7-15-41-39-12-4-6-18-44(39)50-46(37)41/h1-29H. The monoisotopic (exact) mass is 644 g/mol. The van der Waals surface area contributed by atoms with Crippen molar-refractivity contribution in [2.24, 2.45) is 0 Å². The van der Waals surface area contributed by atoms with Crippen LogP contribution in [0.15, 0.2) is 180 Å². The molecule has 0 radical (unpaired) electrons. The van der Waals surface area contributed by atoms with Gasteiger partial charge in [0, 0.05) is 49.9 Å². The summed E-state index contributed by atoms with van der Waals surface area (Å²) in [6, 6.07) is 60.0. The maximum Gasteiger partial charge on any atom is 0.147 e. The van der Waals surface area contributed by atoms with E-state index >= 15 is 4.39 Å². The van der Waals surface area contributed by atoms with E-state index in [4.69, 9.17) is 4.42 Å². The first-order chi connectivity index (χ1) is 24.7. The van der Waals surface area contributed by atoms with Gasteiger partial charge in [0.05, 0.1) is 11.0 Å². The van der Waals surface area contributed by atoms with Crippen molar-refractivity contribution in [3.63, 3.8) is 0 Å². The molecule has 2 aromatic heterocycles. The Balaban J connectivity index is 1.10. The topological polar surface area (TPSA) is 21.3 Å². The minimum atomic E-state index is -0.237. The summed E-state index contributed by atoms with van der Waals surface area (Å²) in [5.74, 6) is -0.237. The van der Waals surface area contributed by atoms with Crippen molar-refractivity contribution in [2.45, 2.75) is 0 Å². The summed E-state index contributed by atoms with van der Waals surface area (Å²) in [4.78, 5) is 2.27. The molecule has 0 fully saturated rings. The highest BCUT2D eigenvalue weighted by Gasteiger charge is 2.18. The number of aromatic nitrogens is 1. The number of rotatable bonds is 5. The average Bonchev–Trinajstić information content (AvgIpc) is 3.73. The van der Waals surface area contributed by atoms with E-state index in [0.29, 0.717) is 5.52 Å². The summed E-state index contributed by atoms with van der Waals surface area (Å²) in [5.41, 5.74) is 9.46. The third-order valence-electron chi connectivity index (χ3n) is 9.84. The summed E-state index contributed by atoms with van der Waals surface area (Å²) < 4.78 is 23.8. The fraction of sp³-hybridized carbons (Fsp3) is 0. The van der Waals surface area contributed by atoms with Gasteiger partial charge in [0.2, 0.25) is 0 Å². The highest BCUT2D eigenvalue weighted by atomic mass is 19.1. The SMILES string of the molecule is Fc1cccc2c3ccccc3n(-c3ccc(N(c4ccc(-c5cccc6c5oc5ccccc56)cc4)c4ccc5ccccc5c4)cc3)c12. The largest absolute Gasteiger partial charge is 0.455 e. The van der Waals surface area contributed by atoms with Crippen LogP contribution in [0.5, 0.6) is 0 Å². The van der Waals surface area contributed by atoms with Crippen LogP contribution in [0.3, 0.4) is 0 Å². The van der Waals surface area contributed by atoms with Gasteiger partial charge in [-0.25, -0.2) is 4.39 Å². The lowest BCUT2D eigenvalue weighted by Gasteiger charge is -2.26. The van der Waals surface area contributed by atoms with Gasteiger partial charge in [-0.1, -0.05) is 109 Å². The molecule has 10 rings (SSSR count). The Morgan fingerprint density at radius 1 is 0.480 bits per heavy atom. The van der Waals surface area contributed by atoms with Crippen LogP contribution in [0.25, 0.3) is 71.3 Å². The molecule has 0 aliphatic carbocycles. The minimum absolute atomic E-state index is 0.237. The van der Waals surface area contributed by atoms with Crippen LogP contribution in [-0.4, -0.2) is 4.57 Å². The van der Waals surface area contributed by atoms with Gasteiger partial charge in [-0.3, -0.25) is 0 Å². The van der Waals surface area contributed by atoms with Gasteiger partial charge in [-0.15, -0.1) is 0 Å². The molecular formula is C46H29FN2O. The number of hydrogen-bond donors (Lipinski definition) is 0. The molecule has 50 heavy (non-hydrogen) atoms. The van der Waals surface area contributed by atoms with Gasteiger partial charge >= 0.3 is 0 Å². The first-order valence-corrected chi connectivity index (χ1v) is 16.8. The smallest absolute Gasteiger partial charge is 0.147 e. The van der Waals surface area contributed by atoms with E-state index in [2.05, 4.69) is 132 Å². The van der Waals surface area contributed by atoms with Gasteiger partial charge in [0.15, 0.2) is 0 Å². The minimum Gasteiger partial charge on any atom is -0.455 e. The third-order valence-corrected chi connectivity index (χ3v) is 9.84. The van der Waals surface area contributed by atoms with Gasteiger partial charge in [-0.05, 0) is 83.1 Å². The Kier molecular flexibility index (Phi) is 6.36. The first-order valence-electron chi connectivity index (χ1n) is 16.8. The van der Waals surface area contributed by atoms with Crippen LogP contribution in [0.1, 0.15) is 0 Å². The number of anilines is 3. The predicted molar refractivity (Wildman–Crippen MR) is 206 cm³/mol. The van der Waals surface area contributed by atoms with Crippen LogP contribution < -0.4 is 4.90 Å². The highest BCUT2D eigenvalue weighted by Crippen LogP contribution is 2.41. The van der Waals surface area contributed by atoms with E-state index in [-0.39, 0.29) is 5.82 Å². The van der Waals surface area contributed by atoms with Crippen molar-refractivity contribution in [3.05, 3.63) is 182 Å². The Morgan fingerprint density at radius 2 is 1.12 bits per heavy atom. The Morgan fingerprint density at radius 3 is 1.96 bits per heavy atom. The summed E-state index contributed by atoms with van der Waals surface area (Å²) in [6.45, 7) is 0. The van der Waals surface area contributed by atoms with Gasteiger partial charge < -0.3 is 13.9 Å². The molecule has 8 aromatic carbocycles. The molecule has 3 nitrogen and oxygen atoms in total. The zero-order valence-corrected chi connectivity index (χ0v) is 26.9. The highest BCUT2D eigenvalue weighted by molar-refractivity contribution is 6.10. The molecule has 0 saturated carbocycles. The normalized spacial score (nSPS) is 11.7. The van der Waals surface area contributed by atoms with Crippen LogP contribution in [0.2, 0.25) is 0 Å². The molecule has 0 amide bonds. The molecule has 0 saturated heterocycles. The summed E-state index contributed by atoms with van der Waals surface area (Å²) >= 11 is 0. The maximum absolute atomic E-state index is 15.4. The second kappa shape index (κ2) is 11.2. The summed E-state index contributed by atoms with van der Waals surface area (Å²) in [6.07, 6.45) is 0. The van der Waals surface area contributed by atoms with Crippen molar-refractivity contribution < 1.29 is 8.81 Å². The number of fused-ring (bicyclic) bond motifs is 7. The molecule has 0 bridgehead atoms. The second-order valence-electron chi connectivity index (χ2n) is 12.7. The Bertz CT molecular complexity index is 2880. The van der Waals surface area contributed by atoms with E-state index in [0.717, 1.165) is 72.1 Å². The van der Waals surface area contributed by atoms with Gasteiger partial charge in [0.25, 0.3) is 0 Å².